The van der Waals surface area contributed by atoms with E-state index in [1.54, 1.807) is 0 Å². The van der Waals surface area contributed by atoms with Crippen molar-refractivity contribution in [3.8, 4) is 0 Å². The van der Waals surface area contributed by atoms with Crippen LogP contribution in [0, 0.1) is 0 Å². The Morgan fingerprint density at radius 3 is 1.50 bits per heavy atom. The van der Waals surface area contributed by atoms with Crippen molar-refractivity contribution in [3.05, 3.63) is 0 Å². The first-order chi connectivity index (χ1) is 3.97. The molecular formula is C3H7F5OS. The molecule has 0 saturated heterocycles. The van der Waals surface area contributed by atoms with Crippen molar-refractivity contribution in [3.63, 3.8) is 0 Å². The fourth-order valence-electron chi connectivity index (χ4n) is 0.141. The molecule has 0 fully saturated rings. The number of aliphatic hydroxyl groups is 1. The fourth-order valence-corrected chi connectivity index (χ4v) is 0.423. The minimum absolute atomic E-state index is 0.252. The Balaban J connectivity index is 4.72. The van der Waals surface area contributed by atoms with Gasteiger partial charge in [-0.2, -0.15) is 0 Å². The molecule has 0 aliphatic heterocycles. The van der Waals surface area contributed by atoms with Crippen LogP contribution in [0.25, 0.3) is 0 Å². The molecule has 10 heavy (non-hydrogen) atoms. The van der Waals surface area contributed by atoms with E-state index in [2.05, 4.69) is 0 Å². The van der Waals surface area contributed by atoms with Crippen LogP contribution in [-0.2, 0) is 0 Å². The Morgan fingerprint density at radius 1 is 1.20 bits per heavy atom. The summed E-state index contributed by atoms with van der Waals surface area (Å²) in [4.78, 5) is 0. The Kier molecular flexibility index (Phi) is 1.57. The summed E-state index contributed by atoms with van der Waals surface area (Å²) in [7, 11) is -9.40. The average molecular weight is 186 g/mol. The maximum absolute atomic E-state index is 11.4. The summed E-state index contributed by atoms with van der Waals surface area (Å²) in [6.45, 7) is -1.32. The molecule has 7 heteroatoms. The van der Waals surface area contributed by atoms with Gasteiger partial charge in [-0.05, 0) is 6.92 Å². The normalized spacial score (nSPS) is 23.1. The molecule has 1 nitrogen and oxygen atoms in total. The van der Waals surface area contributed by atoms with E-state index >= 15 is 0 Å². The predicted octanol–water partition coefficient (Wildman–Crippen LogP) is 2.67. The molecule has 1 unspecified atom stereocenters. The summed E-state index contributed by atoms with van der Waals surface area (Å²) >= 11 is 0. The van der Waals surface area contributed by atoms with Gasteiger partial charge in [0.1, 0.15) is 5.25 Å². The van der Waals surface area contributed by atoms with Crippen molar-refractivity contribution in [2.45, 2.75) is 12.2 Å². The molecule has 0 aliphatic carbocycles. The first-order valence-electron chi connectivity index (χ1n) is 2.31. The van der Waals surface area contributed by atoms with Crippen LogP contribution in [0.4, 0.5) is 19.4 Å². The molecule has 0 spiro atoms. The highest BCUT2D eigenvalue weighted by molar-refractivity contribution is 8.46. The summed E-state index contributed by atoms with van der Waals surface area (Å²) in [5, 5.41) is 4.91. The van der Waals surface area contributed by atoms with E-state index in [4.69, 9.17) is 5.11 Å². The van der Waals surface area contributed by atoms with Crippen molar-refractivity contribution in [1.82, 2.24) is 0 Å². The molecule has 1 N–H and O–H groups in total. The van der Waals surface area contributed by atoms with E-state index in [9.17, 15) is 19.4 Å². The molecule has 0 saturated carbocycles. The third-order valence-corrected chi connectivity index (χ3v) is 2.69. The summed E-state index contributed by atoms with van der Waals surface area (Å²) in [6, 6.07) is 0. The molecule has 0 aromatic carbocycles. The Labute approximate surface area is 54.6 Å². The molecule has 0 radical (unpaired) electrons. The Morgan fingerprint density at radius 2 is 1.50 bits per heavy atom. The van der Waals surface area contributed by atoms with Crippen LogP contribution in [0.5, 0.6) is 0 Å². The molecule has 0 heterocycles. The Hall–Kier alpha value is -0.0400. The van der Waals surface area contributed by atoms with Gasteiger partial charge in [0, 0.05) is 0 Å². The third kappa shape index (κ3) is 2.70. The SMILES string of the molecule is CC(CO)S(F)(F)(F)(F)F. The van der Waals surface area contributed by atoms with Gasteiger partial charge in [-0.25, -0.2) is 0 Å². The number of hydrogen-bond acceptors (Lipinski definition) is 1. The predicted molar refractivity (Wildman–Crippen MR) is 29.7 cm³/mol. The van der Waals surface area contributed by atoms with Gasteiger partial charge in [0.2, 0.25) is 0 Å². The smallest absolute Gasteiger partial charge is 0.290 e. The van der Waals surface area contributed by atoms with Gasteiger partial charge < -0.3 is 5.11 Å². The van der Waals surface area contributed by atoms with Crippen LogP contribution < -0.4 is 0 Å². The van der Waals surface area contributed by atoms with Gasteiger partial charge in [-0.15, -0.1) is 0 Å². The minimum atomic E-state index is -9.40. The van der Waals surface area contributed by atoms with Crippen molar-refractivity contribution < 1.29 is 24.5 Å². The second-order valence-electron chi connectivity index (χ2n) is 2.02. The van der Waals surface area contributed by atoms with E-state index in [1.165, 1.54) is 0 Å². The lowest BCUT2D eigenvalue weighted by molar-refractivity contribution is 0.257. The largest absolute Gasteiger partial charge is 0.395 e. The summed E-state index contributed by atoms with van der Waals surface area (Å²) < 4.78 is 57.2. The molecule has 1 atom stereocenters. The highest BCUT2D eigenvalue weighted by Gasteiger charge is 2.67. The summed E-state index contributed by atoms with van der Waals surface area (Å²) in [6.07, 6.45) is 0. The van der Waals surface area contributed by atoms with Crippen LogP contribution >= 0.6 is 10.2 Å². The molecule has 0 rings (SSSR count). The lowest BCUT2D eigenvalue weighted by atomic mass is 10.5. The molecule has 0 bridgehead atoms. The topological polar surface area (TPSA) is 20.2 Å². The lowest BCUT2D eigenvalue weighted by Gasteiger charge is -2.44. The van der Waals surface area contributed by atoms with Crippen LogP contribution in [0.1, 0.15) is 6.92 Å². The minimum Gasteiger partial charge on any atom is -0.395 e. The quantitative estimate of drug-likeness (QED) is 0.657. The van der Waals surface area contributed by atoms with Crippen LogP contribution in [0.3, 0.4) is 0 Å². The maximum Gasteiger partial charge on any atom is 0.290 e. The van der Waals surface area contributed by atoms with Gasteiger partial charge >= 0.3 is 0 Å². The molecule has 0 aliphatic rings. The highest BCUT2D eigenvalue weighted by Crippen LogP contribution is 3.00. The monoisotopic (exact) mass is 186 g/mol. The van der Waals surface area contributed by atoms with Gasteiger partial charge in [-0.1, -0.05) is 19.4 Å². The van der Waals surface area contributed by atoms with Crippen LogP contribution in [0.2, 0.25) is 0 Å². The first kappa shape index (κ1) is 9.96. The fraction of sp³-hybridized carbons (Fsp3) is 1.00. The number of halogens is 5. The van der Waals surface area contributed by atoms with Crippen molar-refractivity contribution >= 4 is 10.2 Å². The zero-order valence-corrected chi connectivity index (χ0v) is 5.85. The molecular weight excluding hydrogens is 179 g/mol. The average Bonchev–Trinajstić information content (AvgIpc) is 1.57. The zero-order valence-electron chi connectivity index (χ0n) is 5.03. The van der Waals surface area contributed by atoms with Gasteiger partial charge in [0.25, 0.3) is 10.2 Å². The maximum atomic E-state index is 11.4. The second-order valence-corrected chi connectivity index (χ2v) is 4.88. The van der Waals surface area contributed by atoms with E-state index in [0.717, 1.165) is 0 Å². The molecule has 0 aromatic rings. The second kappa shape index (κ2) is 1.58. The van der Waals surface area contributed by atoms with E-state index < -0.39 is 22.1 Å². The van der Waals surface area contributed by atoms with Crippen molar-refractivity contribution in [2.24, 2.45) is 0 Å². The van der Waals surface area contributed by atoms with Gasteiger partial charge in [0.05, 0.1) is 6.61 Å². The molecule has 66 valence electrons. The highest BCUT2D eigenvalue weighted by atomic mass is 32.5. The zero-order chi connectivity index (χ0) is 8.69. The van der Waals surface area contributed by atoms with E-state index in [1.807, 2.05) is 0 Å². The van der Waals surface area contributed by atoms with Crippen molar-refractivity contribution in [1.29, 1.82) is 0 Å². The Bertz CT molecular complexity index is 133. The van der Waals surface area contributed by atoms with E-state index in [0.29, 0.717) is 0 Å². The summed E-state index contributed by atoms with van der Waals surface area (Å²) in [5.74, 6) is 0. The van der Waals surface area contributed by atoms with Crippen LogP contribution in [0.15, 0.2) is 0 Å². The lowest BCUT2D eigenvalue weighted by Crippen LogP contribution is -2.25. The molecule has 0 amide bonds. The molecule has 0 aromatic heterocycles. The van der Waals surface area contributed by atoms with Crippen molar-refractivity contribution in [2.75, 3.05) is 6.61 Å². The van der Waals surface area contributed by atoms with Gasteiger partial charge in [0.15, 0.2) is 0 Å². The third-order valence-electron chi connectivity index (χ3n) is 1.02. The van der Waals surface area contributed by atoms with E-state index in [-0.39, 0.29) is 6.92 Å². The first-order valence-corrected chi connectivity index (χ1v) is 4.32. The number of hydrogen-bond donors (Lipinski definition) is 1. The number of aliphatic hydroxyl groups excluding tert-OH is 1. The van der Waals surface area contributed by atoms with Crippen LogP contribution in [-0.4, -0.2) is 17.0 Å². The standard InChI is InChI=1S/C3H7F5OS/c1-3(2-9)10(4,5,6,7)8/h3,9H,2H2,1H3. The summed E-state index contributed by atoms with van der Waals surface area (Å²) in [5.41, 5.74) is 0. The van der Waals surface area contributed by atoms with Gasteiger partial charge in [-0.3, -0.25) is 0 Å². The number of rotatable bonds is 2.